The first kappa shape index (κ1) is 18.2. The second-order valence-corrected chi connectivity index (χ2v) is 7.22. The summed E-state index contributed by atoms with van der Waals surface area (Å²) in [5.41, 5.74) is 2.35. The van der Waals surface area contributed by atoms with Gasteiger partial charge in [-0.25, -0.2) is 0 Å². The van der Waals surface area contributed by atoms with E-state index in [-0.39, 0.29) is 12.6 Å². The van der Waals surface area contributed by atoms with Gasteiger partial charge in [0.2, 0.25) is 0 Å². The van der Waals surface area contributed by atoms with Gasteiger partial charge in [0.05, 0.1) is 11.1 Å². The zero-order chi connectivity index (χ0) is 18.9. The molecule has 4 heteroatoms. The number of amides is 1. The average molecular weight is 351 g/mol. The average Bonchev–Trinajstić information content (AvgIpc) is 2.62. The van der Waals surface area contributed by atoms with Crippen molar-refractivity contribution in [2.24, 2.45) is 0 Å². The SMILES string of the molecule is CC1=C(c2ccccc2)C(=O)N(C(C)(C)C(O)c2ccccc2C)CO1. The standard InChI is InChI=1S/C22H25NO3/c1-15-10-8-9-13-18(15)20(24)22(3,4)23-14-26-16(2)19(21(23)25)17-11-6-5-7-12-17/h5-13,20,24H,14H2,1-4H3. The summed E-state index contributed by atoms with van der Waals surface area (Å²) in [6.07, 6.45) is -0.827. The van der Waals surface area contributed by atoms with Crippen LogP contribution in [0.15, 0.2) is 60.4 Å². The third-order valence-corrected chi connectivity index (χ3v) is 5.13. The topological polar surface area (TPSA) is 49.8 Å². The maximum Gasteiger partial charge on any atom is 0.261 e. The van der Waals surface area contributed by atoms with Crippen LogP contribution < -0.4 is 0 Å². The molecule has 1 aliphatic rings. The Labute approximate surface area is 154 Å². The van der Waals surface area contributed by atoms with E-state index in [2.05, 4.69) is 0 Å². The van der Waals surface area contributed by atoms with Crippen LogP contribution in [0.25, 0.3) is 5.57 Å². The molecule has 26 heavy (non-hydrogen) atoms. The molecular weight excluding hydrogens is 326 g/mol. The summed E-state index contributed by atoms with van der Waals surface area (Å²) in [6, 6.07) is 17.2. The second kappa shape index (κ2) is 6.96. The van der Waals surface area contributed by atoms with Crippen LogP contribution in [0.3, 0.4) is 0 Å². The van der Waals surface area contributed by atoms with Crippen LogP contribution in [0.4, 0.5) is 0 Å². The van der Waals surface area contributed by atoms with Gasteiger partial charge in [-0.2, -0.15) is 0 Å². The number of allylic oxidation sites excluding steroid dienone is 1. The lowest BCUT2D eigenvalue weighted by Crippen LogP contribution is -2.54. The van der Waals surface area contributed by atoms with Crippen molar-refractivity contribution in [2.75, 3.05) is 6.73 Å². The Morgan fingerprint density at radius 1 is 1.04 bits per heavy atom. The first-order chi connectivity index (χ1) is 12.3. The number of nitrogens with zero attached hydrogens (tertiary/aromatic N) is 1. The van der Waals surface area contributed by atoms with Crippen molar-refractivity contribution in [3.05, 3.63) is 77.0 Å². The molecule has 136 valence electrons. The molecular formula is C22H25NO3. The largest absolute Gasteiger partial charge is 0.477 e. The second-order valence-electron chi connectivity index (χ2n) is 7.22. The Hall–Kier alpha value is -2.59. The van der Waals surface area contributed by atoms with Gasteiger partial charge in [-0.15, -0.1) is 0 Å². The predicted molar refractivity (Wildman–Crippen MR) is 102 cm³/mol. The van der Waals surface area contributed by atoms with Gasteiger partial charge >= 0.3 is 0 Å². The number of carbonyl (C=O) groups excluding carboxylic acids is 1. The van der Waals surface area contributed by atoms with Crippen molar-refractivity contribution in [3.63, 3.8) is 0 Å². The van der Waals surface area contributed by atoms with Crippen LogP contribution in [0, 0.1) is 6.92 Å². The fourth-order valence-electron chi connectivity index (χ4n) is 3.36. The molecule has 1 aliphatic heterocycles. The van der Waals surface area contributed by atoms with E-state index in [1.165, 1.54) is 0 Å². The van der Waals surface area contributed by atoms with E-state index >= 15 is 0 Å². The lowest BCUT2D eigenvalue weighted by atomic mass is 9.86. The number of rotatable bonds is 4. The fourth-order valence-corrected chi connectivity index (χ4v) is 3.36. The van der Waals surface area contributed by atoms with Crippen LogP contribution in [0.1, 0.15) is 43.6 Å². The summed E-state index contributed by atoms with van der Waals surface area (Å²) in [5, 5.41) is 11.1. The van der Waals surface area contributed by atoms with Crippen molar-refractivity contribution >= 4 is 11.5 Å². The van der Waals surface area contributed by atoms with Crippen LogP contribution in [0.5, 0.6) is 0 Å². The molecule has 1 unspecified atom stereocenters. The maximum atomic E-state index is 13.3. The van der Waals surface area contributed by atoms with Crippen molar-refractivity contribution in [1.29, 1.82) is 0 Å². The van der Waals surface area contributed by atoms with E-state index in [1.807, 2.05) is 82.3 Å². The van der Waals surface area contributed by atoms with Crippen molar-refractivity contribution in [1.82, 2.24) is 4.90 Å². The van der Waals surface area contributed by atoms with E-state index in [9.17, 15) is 9.90 Å². The molecule has 0 aromatic heterocycles. The third-order valence-electron chi connectivity index (χ3n) is 5.13. The van der Waals surface area contributed by atoms with E-state index < -0.39 is 11.6 Å². The predicted octanol–water partition coefficient (Wildman–Crippen LogP) is 4.05. The highest BCUT2D eigenvalue weighted by atomic mass is 16.5. The zero-order valence-electron chi connectivity index (χ0n) is 15.7. The first-order valence-electron chi connectivity index (χ1n) is 8.78. The summed E-state index contributed by atoms with van der Waals surface area (Å²) in [4.78, 5) is 14.9. The monoisotopic (exact) mass is 351 g/mol. The van der Waals surface area contributed by atoms with Crippen LogP contribution >= 0.6 is 0 Å². The van der Waals surface area contributed by atoms with Gasteiger partial charge in [0.25, 0.3) is 5.91 Å². The van der Waals surface area contributed by atoms with Gasteiger partial charge in [-0.3, -0.25) is 9.69 Å². The smallest absolute Gasteiger partial charge is 0.261 e. The number of carbonyl (C=O) groups is 1. The normalized spacial score (nSPS) is 16.5. The molecule has 1 N–H and O–H groups in total. The molecule has 1 amide bonds. The minimum Gasteiger partial charge on any atom is -0.477 e. The molecule has 0 radical (unpaired) electrons. The van der Waals surface area contributed by atoms with Gasteiger partial charge < -0.3 is 9.84 Å². The summed E-state index contributed by atoms with van der Waals surface area (Å²) in [6.45, 7) is 7.63. The molecule has 2 aromatic carbocycles. The van der Waals surface area contributed by atoms with Crippen LogP contribution in [0.2, 0.25) is 0 Å². The van der Waals surface area contributed by atoms with Crippen LogP contribution in [-0.4, -0.2) is 28.2 Å². The van der Waals surface area contributed by atoms with E-state index in [4.69, 9.17) is 4.74 Å². The quantitative estimate of drug-likeness (QED) is 0.904. The van der Waals surface area contributed by atoms with Gasteiger partial charge in [-0.1, -0.05) is 54.6 Å². The molecule has 3 rings (SSSR count). The Bertz CT molecular complexity index is 839. The Morgan fingerprint density at radius 3 is 2.31 bits per heavy atom. The third kappa shape index (κ3) is 3.13. The number of aliphatic hydroxyl groups is 1. The number of aryl methyl sites for hydroxylation is 1. The minimum absolute atomic E-state index is 0.122. The molecule has 1 atom stereocenters. The number of ether oxygens (including phenoxy) is 1. The molecule has 0 saturated heterocycles. The fraction of sp³-hybridized carbons (Fsp3) is 0.318. The summed E-state index contributed by atoms with van der Waals surface area (Å²) >= 11 is 0. The number of benzene rings is 2. The van der Waals surface area contributed by atoms with Gasteiger partial charge in [0.15, 0.2) is 6.73 Å². The summed E-state index contributed by atoms with van der Waals surface area (Å²) in [5.74, 6) is 0.483. The summed E-state index contributed by atoms with van der Waals surface area (Å²) < 4.78 is 5.80. The lowest BCUT2D eigenvalue weighted by Gasteiger charge is -2.44. The number of hydrogen-bond donors (Lipinski definition) is 1. The number of hydrogen-bond acceptors (Lipinski definition) is 3. The number of aliphatic hydroxyl groups excluding tert-OH is 1. The Balaban J connectivity index is 1.96. The Morgan fingerprint density at radius 2 is 1.65 bits per heavy atom. The van der Waals surface area contributed by atoms with Crippen molar-refractivity contribution < 1.29 is 14.6 Å². The minimum atomic E-state index is -0.829. The van der Waals surface area contributed by atoms with Gasteiger partial charge in [-0.05, 0) is 44.4 Å². The highest BCUT2D eigenvalue weighted by Gasteiger charge is 2.42. The highest BCUT2D eigenvalue weighted by molar-refractivity contribution is 6.20. The van der Waals surface area contributed by atoms with Gasteiger partial charge in [0.1, 0.15) is 11.9 Å². The molecule has 4 nitrogen and oxygen atoms in total. The first-order valence-corrected chi connectivity index (χ1v) is 8.78. The van der Waals surface area contributed by atoms with E-state index in [0.29, 0.717) is 11.3 Å². The maximum absolute atomic E-state index is 13.3. The van der Waals surface area contributed by atoms with Crippen LogP contribution in [-0.2, 0) is 9.53 Å². The molecule has 0 saturated carbocycles. The Kier molecular flexibility index (Phi) is 4.88. The molecule has 0 bridgehead atoms. The zero-order valence-corrected chi connectivity index (χ0v) is 15.7. The van der Waals surface area contributed by atoms with E-state index in [1.54, 1.807) is 4.90 Å². The molecule has 0 aliphatic carbocycles. The van der Waals surface area contributed by atoms with E-state index in [0.717, 1.165) is 16.7 Å². The molecule has 0 spiro atoms. The van der Waals surface area contributed by atoms with Crippen molar-refractivity contribution in [3.8, 4) is 0 Å². The lowest BCUT2D eigenvalue weighted by molar-refractivity contribution is -0.146. The molecule has 2 aromatic rings. The molecule has 1 heterocycles. The molecule has 0 fully saturated rings. The van der Waals surface area contributed by atoms with Gasteiger partial charge in [0, 0.05) is 0 Å². The highest BCUT2D eigenvalue weighted by Crippen LogP contribution is 2.37. The van der Waals surface area contributed by atoms with Crippen molar-refractivity contribution in [2.45, 2.75) is 39.3 Å². The summed E-state index contributed by atoms with van der Waals surface area (Å²) in [7, 11) is 0.